The second-order valence-electron chi connectivity index (χ2n) is 6.65. The predicted molar refractivity (Wildman–Crippen MR) is 93.7 cm³/mol. The first-order chi connectivity index (χ1) is 9.84. The molecule has 0 bridgehead atoms. The largest absolute Gasteiger partial charge is 0.389 e. The smallest absolute Gasteiger partial charge is 0.103 e. The SMILES string of the molecule is Cc1cc(C(N)=S)ccc1CN(C)CC1(N(C)C)CCC1. The van der Waals surface area contributed by atoms with Crippen molar-refractivity contribution in [3.05, 3.63) is 34.9 Å². The summed E-state index contributed by atoms with van der Waals surface area (Å²) in [5.41, 5.74) is 9.64. The molecule has 1 fully saturated rings. The van der Waals surface area contributed by atoms with Gasteiger partial charge < -0.3 is 15.5 Å². The molecule has 1 saturated carbocycles. The predicted octanol–water partition coefficient (Wildman–Crippen LogP) is 2.55. The van der Waals surface area contributed by atoms with Gasteiger partial charge in [-0.05, 0) is 64.5 Å². The van der Waals surface area contributed by atoms with Crippen LogP contribution in [0.15, 0.2) is 18.2 Å². The Bertz CT molecular complexity index is 521. The quantitative estimate of drug-likeness (QED) is 0.819. The van der Waals surface area contributed by atoms with Crippen LogP contribution in [-0.2, 0) is 6.54 Å². The molecule has 3 nitrogen and oxygen atoms in total. The van der Waals surface area contributed by atoms with Crippen LogP contribution in [0.3, 0.4) is 0 Å². The summed E-state index contributed by atoms with van der Waals surface area (Å²) in [6, 6.07) is 6.28. The van der Waals surface area contributed by atoms with Crippen LogP contribution in [0.4, 0.5) is 0 Å². The van der Waals surface area contributed by atoms with Gasteiger partial charge in [0.15, 0.2) is 0 Å². The Morgan fingerprint density at radius 1 is 1.29 bits per heavy atom. The van der Waals surface area contributed by atoms with Gasteiger partial charge in [0.05, 0.1) is 0 Å². The molecule has 1 aromatic carbocycles. The molecular formula is C17H27N3S. The van der Waals surface area contributed by atoms with E-state index in [9.17, 15) is 0 Å². The first kappa shape index (κ1) is 16.4. The first-order valence-electron chi connectivity index (χ1n) is 7.59. The molecule has 0 heterocycles. The monoisotopic (exact) mass is 305 g/mol. The molecule has 1 aliphatic carbocycles. The zero-order valence-electron chi connectivity index (χ0n) is 13.6. The minimum absolute atomic E-state index is 0.376. The van der Waals surface area contributed by atoms with Crippen LogP contribution in [-0.4, -0.2) is 48.0 Å². The second-order valence-corrected chi connectivity index (χ2v) is 7.09. The molecule has 0 aliphatic heterocycles. The van der Waals surface area contributed by atoms with Crippen LogP contribution in [0, 0.1) is 6.92 Å². The highest BCUT2D eigenvalue weighted by Gasteiger charge is 2.39. The summed E-state index contributed by atoms with van der Waals surface area (Å²) in [6.07, 6.45) is 3.97. The van der Waals surface area contributed by atoms with Crippen molar-refractivity contribution in [2.45, 2.75) is 38.3 Å². The normalized spacial score (nSPS) is 17.0. The van der Waals surface area contributed by atoms with Crippen LogP contribution in [0.5, 0.6) is 0 Å². The lowest BCUT2D eigenvalue weighted by Gasteiger charge is -2.49. The van der Waals surface area contributed by atoms with Crippen LogP contribution >= 0.6 is 12.2 Å². The fourth-order valence-electron chi connectivity index (χ4n) is 3.21. The van der Waals surface area contributed by atoms with Gasteiger partial charge >= 0.3 is 0 Å². The average molecular weight is 305 g/mol. The molecule has 116 valence electrons. The number of hydrogen-bond donors (Lipinski definition) is 1. The summed E-state index contributed by atoms with van der Waals surface area (Å²) in [5, 5.41) is 0. The maximum atomic E-state index is 5.69. The van der Waals surface area contributed by atoms with Crippen LogP contribution < -0.4 is 5.73 Å². The standard InChI is InChI=1S/C17H27N3S/c1-13-10-14(16(18)21)6-7-15(13)11-20(4)12-17(19(2)3)8-5-9-17/h6-7,10H,5,8-9,11-12H2,1-4H3,(H2,18,21). The molecule has 0 saturated heterocycles. The Labute approximate surface area is 134 Å². The van der Waals surface area contributed by atoms with E-state index < -0.39 is 0 Å². The molecule has 0 unspecified atom stereocenters. The van der Waals surface area contributed by atoms with Gasteiger partial charge in [0.2, 0.25) is 0 Å². The molecule has 1 aliphatic rings. The Morgan fingerprint density at radius 3 is 2.38 bits per heavy atom. The highest BCUT2D eigenvalue weighted by Crippen LogP contribution is 2.36. The summed E-state index contributed by atoms with van der Waals surface area (Å²) in [4.78, 5) is 5.30. The molecule has 21 heavy (non-hydrogen) atoms. The van der Waals surface area contributed by atoms with Crippen molar-refractivity contribution >= 4 is 17.2 Å². The van der Waals surface area contributed by atoms with Crippen molar-refractivity contribution in [1.29, 1.82) is 0 Å². The van der Waals surface area contributed by atoms with Crippen molar-refractivity contribution in [2.24, 2.45) is 5.73 Å². The van der Waals surface area contributed by atoms with E-state index in [0.29, 0.717) is 10.5 Å². The lowest BCUT2D eigenvalue weighted by Crippen LogP contribution is -2.56. The molecule has 4 heteroatoms. The summed E-state index contributed by atoms with van der Waals surface area (Å²) < 4.78 is 0. The third-order valence-corrected chi connectivity index (χ3v) is 5.10. The highest BCUT2D eigenvalue weighted by atomic mass is 32.1. The van der Waals surface area contributed by atoms with Gasteiger partial charge in [-0.15, -0.1) is 0 Å². The first-order valence-corrected chi connectivity index (χ1v) is 8.00. The van der Waals surface area contributed by atoms with Crippen molar-refractivity contribution in [1.82, 2.24) is 9.80 Å². The number of aryl methyl sites for hydroxylation is 1. The fourth-order valence-corrected chi connectivity index (χ4v) is 3.33. The van der Waals surface area contributed by atoms with Crippen LogP contribution in [0.25, 0.3) is 0 Å². The number of nitrogens with two attached hydrogens (primary N) is 1. The number of rotatable bonds is 6. The van der Waals surface area contributed by atoms with E-state index in [4.69, 9.17) is 18.0 Å². The maximum absolute atomic E-state index is 5.69. The number of thiocarbonyl (C=S) groups is 1. The van der Waals surface area contributed by atoms with Gasteiger partial charge in [-0.1, -0.05) is 24.4 Å². The molecule has 0 spiro atoms. The van der Waals surface area contributed by atoms with E-state index in [1.165, 1.54) is 30.4 Å². The average Bonchev–Trinajstić information content (AvgIpc) is 2.35. The number of likely N-dealkylation sites (N-methyl/N-ethyl adjacent to an activating group) is 2. The van der Waals surface area contributed by atoms with E-state index in [0.717, 1.165) is 18.7 Å². The number of benzene rings is 1. The van der Waals surface area contributed by atoms with Crippen LogP contribution in [0.1, 0.15) is 36.0 Å². The Kier molecular flexibility index (Phi) is 5.02. The minimum atomic E-state index is 0.376. The van der Waals surface area contributed by atoms with E-state index in [1.807, 2.05) is 6.07 Å². The third kappa shape index (κ3) is 3.62. The molecule has 0 radical (unpaired) electrons. The minimum Gasteiger partial charge on any atom is -0.389 e. The Hall–Kier alpha value is -0.970. The van der Waals surface area contributed by atoms with Gasteiger partial charge in [-0.2, -0.15) is 0 Å². The molecule has 2 N–H and O–H groups in total. The number of hydrogen-bond acceptors (Lipinski definition) is 3. The van der Waals surface area contributed by atoms with Crippen molar-refractivity contribution in [3.8, 4) is 0 Å². The lowest BCUT2D eigenvalue weighted by atomic mass is 9.75. The molecule has 2 rings (SSSR count). The Balaban J connectivity index is 2.03. The van der Waals surface area contributed by atoms with Gasteiger partial charge in [0.1, 0.15) is 4.99 Å². The summed E-state index contributed by atoms with van der Waals surface area (Å²) in [5.74, 6) is 0. The maximum Gasteiger partial charge on any atom is 0.103 e. The summed E-state index contributed by atoms with van der Waals surface area (Å²) in [6.45, 7) is 4.23. The fraction of sp³-hybridized carbons (Fsp3) is 0.588. The molecular weight excluding hydrogens is 278 g/mol. The van der Waals surface area contributed by atoms with E-state index in [2.05, 4.69) is 50.0 Å². The van der Waals surface area contributed by atoms with Gasteiger partial charge in [-0.25, -0.2) is 0 Å². The van der Waals surface area contributed by atoms with Gasteiger partial charge in [-0.3, -0.25) is 0 Å². The summed E-state index contributed by atoms with van der Waals surface area (Å²) in [7, 11) is 6.62. The van der Waals surface area contributed by atoms with E-state index in [-0.39, 0.29) is 0 Å². The lowest BCUT2D eigenvalue weighted by molar-refractivity contribution is 0.0258. The van der Waals surface area contributed by atoms with E-state index in [1.54, 1.807) is 0 Å². The van der Waals surface area contributed by atoms with Gasteiger partial charge in [0.25, 0.3) is 0 Å². The zero-order chi connectivity index (χ0) is 15.6. The van der Waals surface area contributed by atoms with Crippen molar-refractivity contribution in [2.75, 3.05) is 27.7 Å². The topological polar surface area (TPSA) is 32.5 Å². The van der Waals surface area contributed by atoms with Crippen molar-refractivity contribution in [3.63, 3.8) is 0 Å². The third-order valence-electron chi connectivity index (χ3n) is 4.86. The molecule has 0 aromatic heterocycles. The van der Waals surface area contributed by atoms with E-state index >= 15 is 0 Å². The highest BCUT2D eigenvalue weighted by molar-refractivity contribution is 7.80. The number of nitrogens with zero attached hydrogens (tertiary/aromatic N) is 2. The zero-order valence-corrected chi connectivity index (χ0v) is 14.5. The van der Waals surface area contributed by atoms with Crippen LogP contribution in [0.2, 0.25) is 0 Å². The second kappa shape index (κ2) is 6.42. The molecule has 0 atom stereocenters. The van der Waals surface area contributed by atoms with Gasteiger partial charge in [0, 0.05) is 24.2 Å². The summed E-state index contributed by atoms with van der Waals surface area (Å²) >= 11 is 5.04. The molecule has 0 amide bonds. The Morgan fingerprint density at radius 2 is 1.95 bits per heavy atom. The van der Waals surface area contributed by atoms with Crippen molar-refractivity contribution < 1.29 is 0 Å². The molecule has 1 aromatic rings.